The lowest BCUT2D eigenvalue weighted by molar-refractivity contribution is 0.573. The fourth-order valence-corrected chi connectivity index (χ4v) is 2.51. The van der Waals surface area contributed by atoms with Crippen LogP contribution in [0.1, 0.15) is 11.1 Å². The first kappa shape index (κ1) is 14.0. The number of benzene rings is 2. The van der Waals surface area contributed by atoms with Gasteiger partial charge in [0.2, 0.25) is 5.82 Å². The number of hydrogen-bond acceptors (Lipinski definition) is 3. The van der Waals surface area contributed by atoms with Crippen molar-refractivity contribution in [3.05, 3.63) is 63.6 Å². The number of halogens is 2. The molecule has 0 unspecified atom stereocenters. The maximum absolute atomic E-state index is 6.15. The first-order chi connectivity index (χ1) is 10.1. The summed E-state index contributed by atoms with van der Waals surface area (Å²) in [4.78, 5) is 1.52. The van der Waals surface area contributed by atoms with Crippen molar-refractivity contribution in [3.8, 4) is 11.4 Å². The van der Waals surface area contributed by atoms with E-state index in [1.807, 2.05) is 37.3 Å². The predicted octanol–water partition coefficient (Wildman–Crippen LogP) is 4.00. The summed E-state index contributed by atoms with van der Waals surface area (Å²) >= 11 is 12.0. The van der Waals surface area contributed by atoms with E-state index in [0.717, 1.165) is 16.7 Å². The largest absolute Gasteiger partial charge is 0.205 e. The van der Waals surface area contributed by atoms with Crippen LogP contribution in [0.4, 0.5) is 0 Å². The standard InChI is InChI=1S/C15H12Cl2N4/c1-10-4-2-3-5-13(10)15-18-20-21(19-15)9-11-6-7-12(16)8-14(11)17/h2-8H,9H2,1H3. The van der Waals surface area contributed by atoms with E-state index in [4.69, 9.17) is 23.2 Å². The van der Waals surface area contributed by atoms with Crippen molar-refractivity contribution >= 4 is 23.2 Å². The first-order valence-electron chi connectivity index (χ1n) is 6.41. The molecule has 0 aliphatic rings. The van der Waals surface area contributed by atoms with Crippen molar-refractivity contribution in [1.82, 2.24) is 20.2 Å². The molecule has 0 radical (unpaired) electrons. The van der Waals surface area contributed by atoms with E-state index in [-0.39, 0.29) is 0 Å². The molecule has 21 heavy (non-hydrogen) atoms. The SMILES string of the molecule is Cc1ccccc1-c1nnn(Cc2ccc(Cl)cc2Cl)n1. The molecular formula is C15H12Cl2N4. The van der Waals surface area contributed by atoms with Crippen LogP contribution >= 0.6 is 23.2 Å². The monoisotopic (exact) mass is 318 g/mol. The minimum atomic E-state index is 0.453. The molecule has 0 aliphatic heterocycles. The van der Waals surface area contributed by atoms with Gasteiger partial charge < -0.3 is 0 Å². The van der Waals surface area contributed by atoms with E-state index in [9.17, 15) is 0 Å². The second kappa shape index (κ2) is 5.84. The molecule has 1 heterocycles. The zero-order valence-electron chi connectivity index (χ0n) is 11.3. The zero-order chi connectivity index (χ0) is 14.8. The highest BCUT2D eigenvalue weighted by Crippen LogP contribution is 2.22. The third-order valence-corrected chi connectivity index (χ3v) is 3.75. The van der Waals surface area contributed by atoms with Crippen LogP contribution in [0.5, 0.6) is 0 Å². The second-order valence-electron chi connectivity index (χ2n) is 4.69. The highest BCUT2D eigenvalue weighted by molar-refractivity contribution is 6.35. The van der Waals surface area contributed by atoms with Crippen molar-refractivity contribution in [1.29, 1.82) is 0 Å². The number of hydrogen-bond donors (Lipinski definition) is 0. The van der Waals surface area contributed by atoms with Crippen LogP contribution in [0.2, 0.25) is 10.0 Å². The lowest BCUT2D eigenvalue weighted by Crippen LogP contribution is -2.04. The molecule has 0 saturated carbocycles. The Labute approximate surface area is 132 Å². The van der Waals surface area contributed by atoms with Crippen LogP contribution in [-0.4, -0.2) is 20.2 Å². The molecule has 4 nitrogen and oxygen atoms in total. The van der Waals surface area contributed by atoms with E-state index in [1.54, 1.807) is 12.1 Å². The third-order valence-electron chi connectivity index (χ3n) is 3.17. The van der Waals surface area contributed by atoms with Crippen molar-refractivity contribution in [3.63, 3.8) is 0 Å². The Kier molecular flexibility index (Phi) is 3.90. The van der Waals surface area contributed by atoms with E-state index in [1.165, 1.54) is 4.80 Å². The summed E-state index contributed by atoms with van der Waals surface area (Å²) in [6.07, 6.45) is 0. The Hall–Kier alpha value is -1.91. The van der Waals surface area contributed by atoms with Gasteiger partial charge in [0.15, 0.2) is 0 Å². The molecule has 0 aliphatic carbocycles. The average molecular weight is 319 g/mol. The minimum Gasteiger partial charge on any atom is -0.159 e. The van der Waals surface area contributed by atoms with Gasteiger partial charge in [-0.3, -0.25) is 0 Å². The van der Waals surface area contributed by atoms with Crippen LogP contribution in [0.3, 0.4) is 0 Å². The summed E-state index contributed by atoms with van der Waals surface area (Å²) in [6.45, 7) is 2.47. The number of aromatic nitrogens is 4. The van der Waals surface area contributed by atoms with Gasteiger partial charge in [-0.15, -0.1) is 10.2 Å². The van der Waals surface area contributed by atoms with Crippen molar-refractivity contribution in [2.45, 2.75) is 13.5 Å². The van der Waals surface area contributed by atoms with Gasteiger partial charge in [0.1, 0.15) is 0 Å². The lowest BCUT2D eigenvalue weighted by atomic mass is 10.1. The molecular weight excluding hydrogens is 307 g/mol. The summed E-state index contributed by atoms with van der Waals surface area (Å²) in [6, 6.07) is 13.3. The summed E-state index contributed by atoms with van der Waals surface area (Å²) in [7, 11) is 0. The van der Waals surface area contributed by atoms with Crippen molar-refractivity contribution in [2.24, 2.45) is 0 Å². The maximum atomic E-state index is 6.15. The van der Waals surface area contributed by atoms with E-state index >= 15 is 0 Å². The zero-order valence-corrected chi connectivity index (χ0v) is 12.8. The number of aryl methyl sites for hydroxylation is 1. The van der Waals surface area contributed by atoms with Crippen LogP contribution in [-0.2, 0) is 6.54 Å². The quantitative estimate of drug-likeness (QED) is 0.733. The molecule has 106 valence electrons. The summed E-state index contributed by atoms with van der Waals surface area (Å²) in [5.41, 5.74) is 2.99. The first-order valence-corrected chi connectivity index (χ1v) is 7.17. The molecule has 3 rings (SSSR count). The van der Waals surface area contributed by atoms with Gasteiger partial charge >= 0.3 is 0 Å². The third kappa shape index (κ3) is 3.06. The van der Waals surface area contributed by atoms with Gasteiger partial charge in [-0.2, -0.15) is 4.80 Å². The summed E-state index contributed by atoms with van der Waals surface area (Å²) in [5, 5.41) is 13.8. The molecule has 0 atom stereocenters. The van der Waals surface area contributed by atoms with Gasteiger partial charge in [-0.25, -0.2) is 0 Å². The highest BCUT2D eigenvalue weighted by Gasteiger charge is 2.09. The topological polar surface area (TPSA) is 43.6 Å². The molecule has 1 aromatic heterocycles. The Balaban J connectivity index is 1.87. The average Bonchev–Trinajstić information content (AvgIpc) is 2.91. The Bertz CT molecular complexity index is 783. The van der Waals surface area contributed by atoms with Crippen LogP contribution in [0, 0.1) is 6.92 Å². The number of nitrogens with zero attached hydrogens (tertiary/aromatic N) is 4. The van der Waals surface area contributed by atoms with E-state index in [2.05, 4.69) is 15.4 Å². The van der Waals surface area contributed by atoms with Gasteiger partial charge in [-0.05, 0) is 35.4 Å². The smallest absolute Gasteiger partial charge is 0.159 e. The predicted molar refractivity (Wildman–Crippen MR) is 83.6 cm³/mol. The Morgan fingerprint density at radius 2 is 1.90 bits per heavy atom. The molecule has 6 heteroatoms. The number of rotatable bonds is 3. The van der Waals surface area contributed by atoms with E-state index < -0.39 is 0 Å². The maximum Gasteiger partial charge on any atom is 0.205 e. The van der Waals surface area contributed by atoms with Gasteiger partial charge in [0, 0.05) is 15.6 Å². The molecule has 2 aromatic carbocycles. The van der Waals surface area contributed by atoms with Crippen LogP contribution in [0.25, 0.3) is 11.4 Å². The molecule has 0 amide bonds. The normalized spacial score (nSPS) is 10.8. The Morgan fingerprint density at radius 3 is 2.67 bits per heavy atom. The lowest BCUT2D eigenvalue weighted by Gasteiger charge is -2.03. The molecule has 0 fully saturated rings. The molecule has 0 N–H and O–H groups in total. The van der Waals surface area contributed by atoms with Crippen molar-refractivity contribution < 1.29 is 0 Å². The van der Waals surface area contributed by atoms with Gasteiger partial charge in [0.25, 0.3) is 0 Å². The second-order valence-corrected chi connectivity index (χ2v) is 5.54. The Morgan fingerprint density at radius 1 is 1.10 bits per heavy atom. The van der Waals surface area contributed by atoms with Gasteiger partial charge in [-0.1, -0.05) is 53.5 Å². The van der Waals surface area contributed by atoms with E-state index in [0.29, 0.717) is 22.4 Å². The minimum absolute atomic E-state index is 0.453. The van der Waals surface area contributed by atoms with Crippen molar-refractivity contribution in [2.75, 3.05) is 0 Å². The van der Waals surface area contributed by atoms with Gasteiger partial charge in [0.05, 0.1) is 6.54 Å². The van der Waals surface area contributed by atoms with Crippen LogP contribution < -0.4 is 0 Å². The molecule has 0 saturated heterocycles. The fourth-order valence-electron chi connectivity index (χ4n) is 2.04. The summed E-state index contributed by atoms with van der Waals surface area (Å²) < 4.78 is 0. The molecule has 0 bridgehead atoms. The molecule has 0 spiro atoms. The summed E-state index contributed by atoms with van der Waals surface area (Å²) in [5.74, 6) is 0.609. The fraction of sp³-hybridized carbons (Fsp3) is 0.133. The number of tetrazole rings is 1. The molecule has 3 aromatic rings. The van der Waals surface area contributed by atoms with Crippen LogP contribution in [0.15, 0.2) is 42.5 Å². The highest BCUT2D eigenvalue weighted by atomic mass is 35.5.